The van der Waals surface area contributed by atoms with Crippen molar-refractivity contribution in [1.29, 1.82) is 0 Å². The lowest BCUT2D eigenvalue weighted by molar-refractivity contribution is -0.125. The molecule has 0 bridgehead atoms. The highest BCUT2D eigenvalue weighted by molar-refractivity contribution is 6.01. The van der Waals surface area contributed by atoms with Crippen molar-refractivity contribution >= 4 is 28.3 Å². The monoisotopic (exact) mass is 460 g/mol. The quantitative estimate of drug-likeness (QED) is 0.581. The largest absolute Gasteiger partial charge is 0.495 e. The van der Waals surface area contributed by atoms with E-state index in [2.05, 4.69) is 15.3 Å². The Bertz CT molecular complexity index is 1210. The molecule has 7 nitrogen and oxygen atoms in total. The molecule has 1 fully saturated rings. The zero-order valence-electron chi connectivity index (χ0n) is 18.4. The summed E-state index contributed by atoms with van der Waals surface area (Å²) in [5, 5.41) is 3.70. The van der Waals surface area contributed by atoms with Crippen molar-refractivity contribution < 1.29 is 27.4 Å². The highest BCUT2D eigenvalue weighted by Gasteiger charge is 2.25. The second kappa shape index (κ2) is 9.22. The van der Waals surface area contributed by atoms with E-state index < -0.39 is 23.8 Å². The van der Waals surface area contributed by atoms with Crippen LogP contribution in [0.15, 0.2) is 30.3 Å². The van der Waals surface area contributed by atoms with Crippen molar-refractivity contribution in [3.05, 3.63) is 53.1 Å². The first-order valence-corrected chi connectivity index (χ1v) is 10.4. The van der Waals surface area contributed by atoms with Crippen LogP contribution in [-0.4, -0.2) is 42.7 Å². The standard InChI is InChI=1S/C23H23F3N4O3/c1-12(14-5-4-6-15(21(14)24)22(25)26)27-23-16-9-19(32-3)18(10-17(16)28-13(2)29-23)30-7-8-33-11-20(30)31/h4-6,9-10,12,22H,7-8,11H2,1-3H3,(H,27,28,29)/t12-/m1/s1. The number of nitrogens with zero attached hydrogens (tertiary/aromatic N) is 3. The van der Waals surface area contributed by atoms with Crippen LogP contribution >= 0.6 is 0 Å². The summed E-state index contributed by atoms with van der Waals surface area (Å²) in [6.45, 7) is 4.14. The Morgan fingerprint density at radius 1 is 1.21 bits per heavy atom. The number of amides is 1. The lowest BCUT2D eigenvalue weighted by Gasteiger charge is -2.28. The van der Waals surface area contributed by atoms with Crippen molar-refractivity contribution in [2.75, 3.05) is 37.1 Å². The number of ether oxygens (including phenoxy) is 2. The SMILES string of the molecule is COc1cc2c(N[C@H](C)c3cccc(C(F)F)c3F)nc(C)nc2cc1N1CCOCC1=O. The summed E-state index contributed by atoms with van der Waals surface area (Å²) in [6.07, 6.45) is -2.91. The minimum atomic E-state index is -2.91. The van der Waals surface area contributed by atoms with Gasteiger partial charge in [-0.3, -0.25) is 4.79 Å². The minimum Gasteiger partial charge on any atom is -0.495 e. The van der Waals surface area contributed by atoms with Gasteiger partial charge in [-0.1, -0.05) is 18.2 Å². The Morgan fingerprint density at radius 2 is 1.97 bits per heavy atom. The van der Waals surface area contributed by atoms with E-state index in [1.807, 2.05) is 0 Å². The summed E-state index contributed by atoms with van der Waals surface area (Å²) >= 11 is 0. The first-order chi connectivity index (χ1) is 15.8. The van der Waals surface area contributed by atoms with E-state index in [0.29, 0.717) is 47.1 Å². The van der Waals surface area contributed by atoms with E-state index in [1.165, 1.54) is 19.2 Å². The number of fused-ring (bicyclic) bond motifs is 1. The second-order valence-electron chi connectivity index (χ2n) is 7.68. The molecular formula is C23H23F3N4O3. The highest BCUT2D eigenvalue weighted by atomic mass is 19.3. The van der Waals surface area contributed by atoms with E-state index in [9.17, 15) is 18.0 Å². The number of nitrogens with one attached hydrogen (secondary N) is 1. The lowest BCUT2D eigenvalue weighted by atomic mass is 10.0. The van der Waals surface area contributed by atoms with Gasteiger partial charge in [-0.05, 0) is 26.0 Å². The molecule has 3 aromatic rings. The number of benzene rings is 2. The Morgan fingerprint density at radius 3 is 2.67 bits per heavy atom. The summed E-state index contributed by atoms with van der Waals surface area (Å²) < 4.78 is 51.7. The van der Waals surface area contributed by atoms with Gasteiger partial charge in [0.25, 0.3) is 12.3 Å². The summed E-state index contributed by atoms with van der Waals surface area (Å²) in [4.78, 5) is 22.9. The molecule has 1 aliphatic rings. The molecule has 174 valence electrons. The zero-order chi connectivity index (χ0) is 23.7. The number of anilines is 2. The van der Waals surface area contributed by atoms with Crippen molar-refractivity contribution in [2.45, 2.75) is 26.3 Å². The molecule has 1 atom stereocenters. The van der Waals surface area contributed by atoms with Gasteiger partial charge in [0.05, 0.1) is 36.5 Å². The molecule has 10 heteroatoms. The fraction of sp³-hybridized carbons (Fsp3) is 0.348. The molecule has 0 unspecified atom stereocenters. The number of morpholine rings is 1. The van der Waals surface area contributed by atoms with Gasteiger partial charge in [-0.15, -0.1) is 0 Å². The molecule has 33 heavy (non-hydrogen) atoms. The predicted octanol–water partition coefficient (Wildman–Crippen LogP) is 4.56. The van der Waals surface area contributed by atoms with E-state index in [0.717, 1.165) is 6.07 Å². The lowest BCUT2D eigenvalue weighted by Crippen LogP contribution is -2.41. The van der Waals surface area contributed by atoms with Crippen LogP contribution in [0.5, 0.6) is 5.75 Å². The molecule has 0 aliphatic carbocycles. The van der Waals surface area contributed by atoms with Crippen LogP contribution in [0, 0.1) is 12.7 Å². The molecular weight excluding hydrogens is 437 g/mol. The van der Waals surface area contributed by atoms with Gasteiger partial charge in [0.1, 0.15) is 29.8 Å². The van der Waals surface area contributed by atoms with Gasteiger partial charge in [0, 0.05) is 17.5 Å². The molecule has 0 spiro atoms. The number of aryl methyl sites for hydroxylation is 1. The Labute approximate surface area is 188 Å². The fourth-order valence-electron chi connectivity index (χ4n) is 3.87. The molecule has 0 radical (unpaired) electrons. The van der Waals surface area contributed by atoms with Crippen molar-refractivity contribution in [3.63, 3.8) is 0 Å². The summed E-state index contributed by atoms with van der Waals surface area (Å²) in [6, 6.07) is 6.70. The van der Waals surface area contributed by atoms with Crippen molar-refractivity contribution in [1.82, 2.24) is 9.97 Å². The number of hydrogen-bond donors (Lipinski definition) is 1. The van der Waals surface area contributed by atoms with E-state index in [-0.39, 0.29) is 18.1 Å². The summed E-state index contributed by atoms with van der Waals surface area (Å²) in [7, 11) is 1.49. The normalized spacial score (nSPS) is 15.2. The van der Waals surface area contributed by atoms with Gasteiger partial charge in [0.2, 0.25) is 0 Å². The molecule has 1 N–H and O–H groups in total. The van der Waals surface area contributed by atoms with Crippen LogP contribution in [-0.2, 0) is 9.53 Å². The minimum absolute atomic E-state index is 0.0163. The molecule has 1 amide bonds. The van der Waals surface area contributed by atoms with Gasteiger partial charge < -0.3 is 19.7 Å². The molecule has 1 saturated heterocycles. The number of alkyl halides is 2. The van der Waals surface area contributed by atoms with Crippen molar-refractivity contribution in [3.8, 4) is 5.75 Å². The third kappa shape index (κ3) is 4.43. The van der Waals surface area contributed by atoms with Crippen LogP contribution in [0.2, 0.25) is 0 Å². The van der Waals surface area contributed by atoms with Crippen LogP contribution in [0.3, 0.4) is 0 Å². The number of carbonyl (C=O) groups is 1. The molecule has 1 aliphatic heterocycles. The third-order valence-corrected chi connectivity index (χ3v) is 5.50. The van der Waals surface area contributed by atoms with E-state index in [4.69, 9.17) is 9.47 Å². The fourth-order valence-corrected chi connectivity index (χ4v) is 3.87. The maximum atomic E-state index is 14.7. The van der Waals surface area contributed by atoms with Gasteiger partial charge in [0.15, 0.2) is 0 Å². The smallest absolute Gasteiger partial charge is 0.266 e. The van der Waals surface area contributed by atoms with E-state index in [1.54, 1.807) is 30.9 Å². The number of hydrogen-bond acceptors (Lipinski definition) is 6. The maximum absolute atomic E-state index is 14.7. The topological polar surface area (TPSA) is 76.6 Å². The van der Waals surface area contributed by atoms with Gasteiger partial charge >= 0.3 is 0 Å². The predicted molar refractivity (Wildman–Crippen MR) is 117 cm³/mol. The summed E-state index contributed by atoms with van der Waals surface area (Å²) in [5.74, 6) is 0.138. The number of methoxy groups -OCH3 is 1. The average Bonchev–Trinajstić information content (AvgIpc) is 2.78. The average molecular weight is 460 g/mol. The number of aromatic nitrogens is 2. The molecule has 4 rings (SSSR count). The maximum Gasteiger partial charge on any atom is 0.266 e. The van der Waals surface area contributed by atoms with Crippen molar-refractivity contribution in [2.24, 2.45) is 0 Å². The Kier molecular flexibility index (Phi) is 6.37. The molecule has 0 saturated carbocycles. The van der Waals surface area contributed by atoms with Crippen LogP contribution < -0.4 is 15.0 Å². The molecule has 1 aromatic heterocycles. The number of carbonyl (C=O) groups excluding carboxylic acids is 1. The first kappa shape index (κ1) is 22.8. The van der Waals surface area contributed by atoms with Gasteiger partial charge in [-0.2, -0.15) is 0 Å². The number of rotatable bonds is 6. The van der Waals surface area contributed by atoms with Crippen LogP contribution in [0.4, 0.5) is 24.7 Å². The molecule has 2 aromatic carbocycles. The Balaban J connectivity index is 1.76. The third-order valence-electron chi connectivity index (χ3n) is 5.50. The number of halogens is 3. The Hall–Kier alpha value is -3.40. The molecule has 2 heterocycles. The van der Waals surface area contributed by atoms with E-state index >= 15 is 0 Å². The zero-order valence-corrected chi connectivity index (χ0v) is 18.4. The second-order valence-corrected chi connectivity index (χ2v) is 7.68. The van der Waals surface area contributed by atoms with Crippen LogP contribution in [0.1, 0.15) is 36.3 Å². The highest BCUT2D eigenvalue weighted by Crippen LogP contribution is 2.37. The first-order valence-electron chi connectivity index (χ1n) is 10.4. The van der Waals surface area contributed by atoms with Crippen LogP contribution in [0.25, 0.3) is 10.9 Å². The summed E-state index contributed by atoms with van der Waals surface area (Å²) in [5.41, 5.74) is 0.561. The van der Waals surface area contributed by atoms with Gasteiger partial charge in [-0.25, -0.2) is 23.1 Å².